The van der Waals surface area contributed by atoms with Crippen LogP contribution in [0.25, 0.3) is 0 Å². The highest BCUT2D eigenvalue weighted by atomic mass is 79.9. The second kappa shape index (κ2) is 12.0. The van der Waals surface area contributed by atoms with E-state index in [0.717, 1.165) is 36.8 Å². The number of carbonyl (C=O) groups is 2. The van der Waals surface area contributed by atoms with Gasteiger partial charge in [0.25, 0.3) is 11.8 Å². The lowest BCUT2D eigenvalue weighted by Crippen LogP contribution is -2.34. The van der Waals surface area contributed by atoms with Gasteiger partial charge in [0.1, 0.15) is 5.75 Å². The molecule has 1 aliphatic rings. The maximum absolute atomic E-state index is 12.9. The standard InChI is InChI=1S/C24H28BrN3O3S/c1-2-14-31-21-11-10-18(25)16-20(21)22(29)27-24(32)26-19-9-7-8-17(15-19)23(30)28-12-5-3-4-6-13-28/h7-11,15-16H,2-6,12-14H2,1H3,(H2,26,27,29,32). The maximum atomic E-state index is 12.9. The van der Waals surface area contributed by atoms with Crippen LogP contribution in [0.4, 0.5) is 5.69 Å². The molecule has 0 aromatic heterocycles. The number of thiocarbonyl (C=S) groups is 1. The highest BCUT2D eigenvalue weighted by Gasteiger charge is 2.18. The fourth-order valence-corrected chi connectivity index (χ4v) is 4.11. The van der Waals surface area contributed by atoms with E-state index in [9.17, 15) is 9.59 Å². The van der Waals surface area contributed by atoms with Gasteiger partial charge in [0, 0.05) is 28.8 Å². The van der Waals surface area contributed by atoms with Crippen molar-refractivity contribution in [2.24, 2.45) is 0 Å². The van der Waals surface area contributed by atoms with E-state index >= 15 is 0 Å². The van der Waals surface area contributed by atoms with Crippen molar-refractivity contribution in [2.75, 3.05) is 25.0 Å². The first-order chi connectivity index (χ1) is 15.5. The van der Waals surface area contributed by atoms with Crippen LogP contribution in [-0.4, -0.2) is 41.5 Å². The predicted octanol–water partition coefficient (Wildman–Crippen LogP) is 5.38. The zero-order chi connectivity index (χ0) is 22.9. The molecule has 6 nitrogen and oxygen atoms in total. The average molecular weight is 518 g/mol. The molecule has 2 aromatic rings. The molecule has 0 atom stereocenters. The SMILES string of the molecule is CCCOc1ccc(Br)cc1C(=O)NC(=S)Nc1cccc(C(=O)N2CCCCCC2)c1. The third-order valence-corrected chi connectivity index (χ3v) is 5.83. The molecule has 1 aliphatic heterocycles. The van der Waals surface area contributed by atoms with E-state index in [1.54, 1.807) is 24.3 Å². The summed E-state index contributed by atoms with van der Waals surface area (Å²) in [6.07, 6.45) is 5.26. The maximum Gasteiger partial charge on any atom is 0.261 e. The van der Waals surface area contributed by atoms with E-state index in [0.29, 0.717) is 29.2 Å². The van der Waals surface area contributed by atoms with E-state index in [-0.39, 0.29) is 16.9 Å². The number of benzene rings is 2. The number of ether oxygens (including phenoxy) is 1. The first kappa shape index (κ1) is 24.2. The van der Waals surface area contributed by atoms with Gasteiger partial charge in [0.2, 0.25) is 0 Å². The van der Waals surface area contributed by atoms with Crippen LogP contribution in [0.2, 0.25) is 0 Å². The number of hydrogen-bond donors (Lipinski definition) is 2. The van der Waals surface area contributed by atoms with E-state index in [1.165, 1.54) is 12.8 Å². The molecular weight excluding hydrogens is 490 g/mol. The number of nitrogens with zero attached hydrogens (tertiary/aromatic N) is 1. The Morgan fingerprint density at radius 2 is 1.84 bits per heavy atom. The van der Waals surface area contributed by atoms with Gasteiger partial charge in [-0.25, -0.2) is 0 Å². The number of amides is 2. The molecule has 8 heteroatoms. The molecule has 1 fully saturated rings. The summed E-state index contributed by atoms with van der Waals surface area (Å²) < 4.78 is 6.45. The zero-order valence-electron chi connectivity index (χ0n) is 18.2. The first-order valence-electron chi connectivity index (χ1n) is 10.9. The van der Waals surface area contributed by atoms with Crippen molar-refractivity contribution in [3.63, 3.8) is 0 Å². The molecule has 0 aliphatic carbocycles. The normalized spacial score (nSPS) is 13.8. The third kappa shape index (κ3) is 6.77. The van der Waals surface area contributed by atoms with E-state index < -0.39 is 0 Å². The van der Waals surface area contributed by atoms with Crippen molar-refractivity contribution >= 4 is 50.8 Å². The summed E-state index contributed by atoms with van der Waals surface area (Å²) in [5.74, 6) is 0.157. The van der Waals surface area contributed by atoms with Gasteiger partial charge in [-0.3, -0.25) is 14.9 Å². The third-order valence-electron chi connectivity index (χ3n) is 5.14. The summed E-state index contributed by atoms with van der Waals surface area (Å²) in [7, 11) is 0. The monoisotopic (exact) mass is 517 g/mol. The van der Waals surface area contributed by atoms with E-state index in [4.69, 9.17) is 17.0 Å². The fraction of sp³-hybridized carbons (Fsp3) is 0.375. The summed E-state index contributed by atoms with van der Waals surface area (Å²) in [6, 6.07) is 12.5. The Bertz CT molecular complexity index is 975. The van der Waals surface area contributed by atoms with Crippen LogP contribution in [0.3, 0.4) is 0 Å². The van der Waals surface area contributed by atoms with Gasteiger partial charge < -0.3 is 15.0 Å². The second-order valence-corrected chi connectivity index (χ2v) is 9.01. The van der Waals surface area contributed by atoms with Crippen molar-refractivity contribution < 1.29 is 14.3 Å². The molecule has 2 aromatic carbocycles. The van der Waals surface area contributed by atoms with Crippen LogP contribution in [0.15, 0.2) is 46.9 Å². The number of carbonyl (C=O) groups excluding carboxylic acids is 2. The Morgan fingerprint density at radius 1 is 1.09 bits per heavy atom. The lowest BCUT2D eigenvalue weighted by Gasteiger charge is -2.20. The largest absolute Gasteiger partial charge is 0.493 e. The quantitative estimate of drug-likeness (QED) is 0.503. The van der Waals surface area contributed by atoms with Crippen molar-refractivity contribution in [1.82, 2.24) is 10.2 Å². The zero-order valence-corrected chi connectivity index (χ0v) is 20.6. The average Bonchev–Trinajstić information content (AvgIpc) is 3.07. The van der Waals surface area contributed by atoms with Gasteiger partial charge in [-0.15, -0.1) is 0 Å². The highest BCUT2D eigenvalue weighted by molar-refractivity contribution is 9.10. The summed E-state index contributed by atoms with van der Waals surface area (Å²) >= 11 is 8.73. The van der Waals surface area contributed by atoms with Crippen LogP contribution in [-0.2, 0) is 0 Å². The highest BCUT2D eigenvalue weighted by Crippen LogP contribution is 2.24. The number of likely N-dealkylation sites (tertiary alicyclic amines) is 1. The Hall–Kier alpha value is -2.45. The molecule has 1 saturated heterocycles. The number of nitrogens with one attached hydrogen (secondary N) is 2. The van der Waals surface area contributed by atoms with E-state index in [2.05, 4.69) is 26.6 Å². The minimum Gasteiger partial charge on any atom is -0.493 e. The van der Waals surface area contributed by atoms with Gasteiger partial charge in [0.05, 0.1) is 12.2 Å². The van der Waals surface area contributed by atoms with Crippen LogP contribution >= 0.6 is 28.1 Å². The molecule has 32 heavy (non-hydrogen) atoms. The molecule has 170 valence electrons. The van der Waals surface area contributed by atoms with Crippen molar-refractivity contribution in [2.45, 2.75) is 39.0 Å². The van der Waals surface area contributed by atoms with Crippen LogP contribution in [0, 0.1) is 0 Å². The summed E-state index contributed by atoms with van der Waals surface area (Å²) in [5, 5.41) is 5.85. The molecule has 3 rings (SSSR count). The van der Waals surface area contributed by atoms with E-state index in [1.807, 2.05) is 30.0 Å². The van der Waals surface area contributed by atoms with Crippen LogP contribution in [0.1, 0.15) is 59.7 Å². The molecule has 0 spiro atoms. The first-order valence-corrected chi connectivity index (χ1v) is 12.1. The lowest BCUT2D eigenvalue weighted by atomic mass is 10.1. The van der Waals surface area contributed by atoms with Crippen LogP contribution < -0.4 is 15.4 Å². The minimum absolute atomic E-state index is 0.0253. The Morgan fingerprint density at radius 3 is 2.56 bits per heavy atom. The van der Waals surface area contributed by atoms with Gasteiger partial charge in [-0.05, 0) is 67.9 Å². The number of rotatable bonds is 6. The Balaban J connectivity index is 1.65. The van der Waals surface area contributed by atoms with Gasteiger partial charge >= 0.3 is 0 Å². The van der Waals surface area contributed by atoms with Gasteiger partial charge in [-0.1, -0.05) is 41.8 Å². The van der Waals surface area contributed by atoms with Crippen molar-refractivity contribution in [3.8, 4) is 5.75 Å². The van der Waals surface area contributed by atoms with Gasteiger partial charge in [-0.2, -0.15) is 0 Å². The number of hydrogen-bond acceptors (Lipinski definition) is 4. The topological polar surface area (TPSA) is 70.7 Å². The van der Waals surface area contributed by atoms with Crippen LogP contribution in [0.5, 0.6) is 5.75 Å². The molecular formula is C24H28BrN3O3S. The Kier molecular flexibility index (Phi) is 9.05. The molecule has 0 unspecified atom stereocenters. The molecule has 2 N–H and O–H groups in total. The van der Waals surface area contributed by atoms with Gasteiger partial charge in [0.15, 0.2) is 5.11 Å². The molecule has 0 bridgehead atoms. The molecule has 0 radical (unpaired) electrons. The smallest absolute Gasteiger partial charge is 0.261 e. The summed E-state index contributed by atoms with van der Waals surface area (Å²) in [6.45, 7) is 4.10. The molecule has 2 amide bonds. The summed E-state index contributed by atoms with van der Waals surface area (Å²) in [4.78, 5) is 27.6. The summed E-state index contributed by atoms with van der Waals surface area (Å²) in [5.41, 5.74) is 1.64. The fourth-order valence-electron chi connectivity index (χ4n) is 3.54. The lowest BCUT2D eigenvalue weighted by molar-refractivity contribution is 0.0761. The predicted molar refractivity (Wildman–Crippen MR) is 134 cm³/mol. The Labute approximate surface area is 202 Å². The number of halogens is 1. The van der Waals surface area contributed by atoms with Crippen molar-refractivity contribution in [3.05, 3.63) is 58.1 Å². The van der Waals surface area contributed by atoms with Crippen molar-refractivity contribution in [1.29, 1.82) is 0 Å². The number of anilines is 1. The molecule has 0 saturated carbocycles. The molecule has 1 heterocycles. The minimum atomic E-state index is -0.369. The second-order valence-electron chi connectivity index (χ2n) is 7.68.